The summed E-state index contributed by atoms with van der Waals surface area (Å²) in [7, 11) is 0. The van der Waals surface area contributed by atoms with E-state index in [1.165, 1.54) is 22.3 Å². The second kappa shape index (κ2) is 6.19. The molecule has 5 nitrogen and oxygen atoms in total. The number of ketones is 1. The number of anilines is 1. The van der Waals surface area contributed by atoms with Crippen LogP contribution in [0.3, 0.4) is 0 Å². The molecule has 1 aliphatic rings. The van der Waals surface area contributed by atoms with Crippen LogP contribution in [0.15, 0.2) is 36.5 Å². The number of nitrogens with zero attached hydrogens (tertiary/aromatic N) is 3. The molecule has 0 saturated heterocycles. The summed E-state index contributed by atoms with van der Waals surface area (Å²) in [6, 6.07) is 7.31. The van der Waals surface area contributed by atoms with E-state index in [4.69, 9.17) is 0 Å². The van der Waals surface area contributed by atoms with Crippen molar-refractivity contribution in [2.75, 3.05) is 11.4 Å². The number of aryl methyl sites for hydroxylation is 1. The molecule has 0 spiro atoms. The van der Waals surface area contributed by atoms with E-state index in [2.05, 4.69) is 4.98 Å². The number of Topliss-reactive ketones (excluding diaryl/α,β-unsaturated/α-hetero) is 1. The molecule has 0 saturated carbocycles. The van der Waals surface area contributed by atoms with Gasteiger partial charge in [0.1, 0.15) is 11.3 Å². The molecular formula is C20H16F3N3O2. The van der Waals surface area contributed by atoms with Crippen molar-refractivity contribution in [3.8, 4) is 0 Å². The van der Waals surface area contributed by atoms with E-state index < -0.39 is 17.6 Å². The van der Waals surface area contributed by atoms with Crippen LogP contribution in [0, 0.1) is 6.92 Å². The third-order valence-electron chi connectivity index (χ3n) is 4.95. The number of hydrogen-bond acceptors (Lipinski definition) is 3. The third-order valence-corrected chi connectivity index (χ3v) is 4.95. The van der Waals surface area contributed by atoms with E-state index >= 15 is 0 Å². The maximum Gasteiger partial charge on any atom is 0.417 e. The zero-order valence-electron chi connectivity index (χ0n) is 15.2. The predicted molar refractivity (Wildman–Crippen MR) is 96.8 cm³/mol. The minimum absolute atomic E-state index is 0.0649. The van der Waals surface area contributed by atoms with Crippen LogP contribution in [0.4, 0.5) is 18.9 Å². The molecule has 0 atom stereocenters. The Morgan fingerprint density at radius 3 is 2.57 bits per heavy atom. The van der Waals surface area contributed by atoms with E-state index in [9.17, 15) is 22.8 Å². The van der Waals surface area contributed by atoms with Crippen molar-refractivity contribution >= 4 is 23.0 Å². The highest BCUT2D eigenvalue weighted by Gasteiger charge is 2.33. The Balaban J connectivity index is 1.79. The monoisotopic (exact) mass is 387 g/mol. The number of benzene rings is 1. The van der Waals surface area contributed by atoms with Crippen molar-refractivity contribution in [2.45, 2.75) is 26.4 Å². The number of amides is 1. The van der Waals surface area contributed by atoms with Crippen molar-refractivity contribution < 1.29 is 22.8 Å². The Hall–Kier alpha value is -3.16. The largest absolute Gasteiger partial charge is 0.417 e. The lowest BCUT2D eigenvalue weighted by Gasteiger charge is -2.18. The van der Waals surface area contributed by atoms with Gasteiger partial charge in [-0.05, 0) is 56.2 Å². The molecule has 3 aromatic rings. The Labute approximate surface area is 158 Å². The first-order chi connectivity index (χ1) is 13.2. The van der Waals surface area contributed by atoms with Gasteiger partial charge in [-0.1, -0.05) is 0 Å². The van der Waals surface area contributed by atoms with Gasteiger partial charge in [-0.3, -0.25) is 14.0 Å². The highest BCUT2D eigenvalue weighted by atomic mass is 19.4. The summed E-state index contributed by atoms with van der Waals surface area (Å²) in [5.74, 6) is -0.483. The van der Waals surface area contributed by atoms with E-state index in [1.54, 1.807) is 25.1 Å². The Morgan fingerprint density at radius 2 is 1.89 bits per heavy atom. The fourth-order valence-corrected chi connectivity index (χ4v) is 3.55. The molecule has 0 bridgehead atoms. The van der Waals surface area contributed by atoms with Gasteiger partial charge in [-0.2, -0.15) is 13.2 Å². The fourth-order valence-electron chi connectivity index (χ4n) is 3.55. The van der Waals surface area contributed by atoms with Crippen LogP contribution in [0.5, 0.6) is 0 Å². The normalized spacial score (nSPS) is 13.8. The molecule has 0 fully saturated rings. The number of carbonyl (C=O) groups excluding carboxylic acids is 2. The van der Waals surface area contributed by atoms with Gasteiger partial charge in [-0.15, -0.1) is 0 Å². The lowest BCUT2D eigenvalue weighted by Crippen LogP contribution is -2.30. The quantitative estimate of drug-likeness (QED) is 0.623. The molecule has 144 valence electrons. The van der Waals surface area contributed by atoms with Gasteiger partial charge in [0.25, 0.3) is 5.91 Å². The molecule has 8 heteroatoms. The van der Waals surface area contributed by atoms with Crippen molar-refractivity contribution in [2.24, 2.45) is 0 Å². The Kier molecular flexibility index (Phi) is 4.02. The molecule has 0 radical (unpaired) electrons. The summed E-state index contributed by atoms with van der Waals surface area (Å²) in [5.41, 5.74) is 1.98. The number of imidazole rings is 1. The maximum absolute atomic E-state index is 13.2. The van der Waals surface area contributed by atoms with Crippen LogP contribution in [-0.4, -0.2) is 27.6 Å². The highest BCUT2D eigenvalue weighted by Crippen LogP contribution is 2.33. The predicted octanol–water partition coefficient (Wildman–Crippen LogP) is 4.07. The van der Waals surface area contributed by atoms with Crippen LogP contribution < -0.4 is 4.90 Å². The lowest BCUT2D eigenvalue weighted by molar-refractivity contribution is -0.137. The molecule has 1 aliphatic heterocycles. The number of hydrogen-bond donors (Lipinski definition) is 0. The van der Waals surface area contributed by atoms with Gasteiger partial charge in [-0.25, -0.2) is 4.98 Å². The molecule has 0 unspecified atom stereocenters. The third kappa shape index (κ3) is 2.85. The van der Waals surface area contributed by atoms with Crippen LogP contribution >= 0.6 is 0 Å². The number of carbonyl (C=O) groups is 2. The first-order valence-corrected chi connectivity index (χ1v) is 8.68. The Morgan fingerprint density at radius 1 is 1.14 bits per heavy atom. The van der Waals surface area contributed by atoms with Crippen LogP contribution in [-0.2, 0) is 12.6 Å². The number of alkyl halides is 3. The van der Waals surface area contributed by atoms with Crippen molar-refractivity contribution in [3.63, 3.8) is 0 Å². The number of rotatable bonds is 2. The van der Waals surface area contributed by atoms with Crippen LogP contribution in [0.2, 0.25) is 0 Å². The molecule has 3 heterocycles. The smallest absolute Gasteiger partial charge is 0.306 e. The molecule has 28 heavy (non-hydrogen) atoms. The molecule has 0 aliphatic carbocycles. The highest BCUT2D eigenvalue weighted by molar-refractivity contribution is 6.08. The molecule has 4 rings (SSSR count). The topological polar surface area (TPSA) is 54.7 Å². The molecule has 0 N–H and O–H groups in total. The maximum atomic E-state index is 13.2. The number of aromatic nitrogens is 2. The summed E-state index contributed by atoms with van der Waals surface area (Å²) in [5, 5.41) is 0. The first kappa shape index (κ1) is 18.2. The van der Waals surface area contributed by atoms with Gasteiger partial charge in [0, 0.05) is 24.0 Å². The molecular weight excluding hydrogens is 371 g/mol. The fraction of sp³-hybridized carbons (Fsp3) is 0.250. The van der Waals surface area contributed by atoms with Gasteiger partial charge in [0.15, 0.2) is 5.78 Å². The van der Waals surface area contributed by atoms with Crippen LogP contribution in [0.25, 0.3) is 5.65 Å². The summed E-state index contributed by atoms with van der Waals surface area (Å²) >= 11 is 0. The van der Waals surface area contributed by atoms with Gasteiger partial charge in [0.05, 0.1) is 11.3 Å². The minimum atomic E-state index is -4.52. The average Bonchev–Trinajstić information content (AvgIpc) is 3.19. The first-order valence-electron chi connectivity index (χ1n) is 8.68. The SMILES string of the molecule is CC(=O)c1ccc2c(c1)CCN2C(=O)c1c(C)nc2ccc(C(F)(F)F)cn12. The number of pyridine rings is 1. The second-order valence-electron chi connectivity index (χ2n) is 6.80. The Bertz CT molecular complexity index is 1130. The average molecular weight is 387 g/mol. The zero-order chi connectivity index (χ0) is 20.2. The van der Waals surface area contributed by atoms with Crippen molar-refractivity contribution in [3.05, 3.63) is 64.6 Å². The van der Waals surface area contributed by atoms with E-state index in [0.717, 1.165) is 17.8 Å². The summed E-state index contributed by atoms with van der Waals surface area (Å²) in [4.78, 5) is 30.5. The second-order valence-corrected chi connectivity index (χ2v) is 6.80. The molecule has 2 aromatic heterocycles. The van der Waals surface area contributed by atoms with E-state index in [1.807, 2.05) is 0 Å². The van der Waals surface area contributed by atoms with Gasteiger partial charge in [0.2, 0.25) is 0 Å². The van der Waals surface area contributed by atoms with E-state index in [0.29, 0.717) is 29.9 Å². The summed E-state index contributed by atoms with van der Waals surface area (Å²) < 4.78 is 40.5. The lowest BCUT2D eigenvalue weighted by atomic mass is 10.1. The standard InChI is InChI=1S/C20H16F3N3O2/c1-11-18(26-10-15(20(21,22)23)4-6-17(26)24-11)19(28)25-8-7-14-9-13(12(2)27)3-5-16(14)25/h3-6,9-10H,7-8H2,1-2H3. The summed E-state index contributed by atoms with van der Waals surface area (Å²) in [6.07, 6.45) is -3.04. The van der Waals surface area contributed by atoms with Gasteiger partial charge < -0.3 is 4.90 Å². The van der Waals surface area contributed by atoms with Crippen molar-refractivity contribution in [1.29, 1.82) is 0 Å². The van der Waals surface area contributed by atoms with Crippen molar-refractivity contribution in [1.82, 2.24) is 9.38 Å². The van der Waals surface area contributed by atoms with Gasteiger partial charge >= 0.3 is 6.18 Å². The van der Waals surface area contributed by atoms with Crippen LogP contribution in [0.1, 0.15) is 44.6 Å². The zero-order valence-corrected chi connectivity index (χ0v) is 15.2. The summed E-state index contributed by atoms with van der Waals surface area (Å²) in [6.45, 7) is 3.46. The van der Waals surface area contributed by atoms with E-state index in [-0.39, 0.29) is 17.1 Å². The minimum Gasteiger partial charge on any atom is -0.306 e. The number of halogens is 3. The number of fused-ring (bicyclic) bond motifs is 2. The molecule has 1 amide bonds. The molecule has 1 aromatic carbocycles.